The summed E-state index contributed by atoms with van der Waals surface area (Å²) < 4.78 is 7.23. The zero-order valence-electron chi connectivity index (χ0n) is 14.5. The Morgan fingerprint density at radius 3 is 2.80 bits per heavy atom. The monoisotopic (exact) mass is 339 g/mol. The first kappa shape index (κ1) is 14.8. The molecule has 0 bridgehead atoms. The Morgan fingerprint density at radius 1 is 1.24 bits per heavy atom. The van der Waals surface area contributed by atoms with Gasteiger partial charge in [0.05, 0.1) is 12.2 Å². The van der Waals surface area contributed by atoms with Crippen LogP contribution in [-0.4, -0.2) is 56.0 Å². The van der Waals surface area contributed by atoms with Gasteiger partial charge < -0.3 is 9.42 Å². The van der Waals surface area contributed by atoms with Gasteiger partial charge in [0, 0.05) is 31.1 Å². The fraction of sp³-hybridized carbons (Fsp3) is 0.529. The van der Waals surface area contributed by atoms with Gasteiger partial charge >= 0.3 is 0 Å². The first-order valence-electron chi connectivity index (χ1n) is 8.77. The number of fused-ring (bicyclic) bond motifs is 1. The van der Waals surface area contributed by atoms with E-state index in [-0.39, 0.29) is 0 Å². The van der Waals surface area contributed by atoms with Crippen molar-refractivity contribution < 1.29 is 4.52 Å². The van der Waals surface area contributed by atoms with Crippen LogP contribution in [0.4, 0.5) is 5.82 Å². The first-order chi connectivity index (χ1) is 12.2. The van der Waals surface area contributed by atoms with Crippen LogP contribution in [0.5, 0.6) is 0 Å². The molecule has 3 aromatic rings. The maximum absolute atomic E-state index is 5.31. The highest BCUT2D eigenvalue weighted by Gasteiger charge is 2.33. The van der Waals surface area contributed by atoms with Crippen LogP contribution >= 0.6 is 0 Å². The van der Waals surface area contributed by atoms with Crippen molar-refractivity contribution in [2.24, 2.45) is 0 Å². The second-order valence-corrected chi connectivity index (χ2v) is 7.20. The molecule has 0 radical (unpaired) electrons. The van der Waals surface area contributed by atoms with Gasteiger partial charge in [-0.15, -0.1) is 15.3 Å². The molecule has 1 saturated carbocycles. The van der Waals surface area contributed by atoms with Crippen LogP contribution in [0.25, 0.3) is 5.65 Å². The Morgan fingerprint density at radius 2 is 2.08 bits per heavy atom. The maximum Gasteiger partial charge on any atom is 0.178 e. The van der Waals surface area contributed by atoms with Crippen LogP contribution in [0.15, 0.2) is 22.7 Å². The normalized spacial score (nSPS) is 18.3. The number of hydrogen-bond donors (Lipinski definition) is 0. The summed E-state index contributed by atoms with van der Waals surface area (Å²) >= 11 is 0. The van der Waals surface area contributed by atoms with Gasteiger partial charge in [0.15, 0.2) is 17.2 Å². The second kappa shape index (κ2) is 5.52. The highest BCUT2D eigenvalue weighted by molar-refractivity contribution is 5.48. The van der Waals surface area contributed by atoms with Crippen molar-refractivity contribution in [2.45, 2.75) is 38.3 Å². The molecular weight excluding hydrogens is 318 g/mol. The molecule has 25 heavy (non-hydrogen) atoms. The van der Waals surface area contributed by atoms with Gasteiger partial charge in [0.2, 0.25) is 0 Å². The minimum Gasteiger partial charge on any atom is -0.360 e. The van der Waals surface area contributed by atoms with Gasteiger partial charge in [0.25, 0.3) is 0 Å². The molecule has 0 amide bonds. The lowest BCUT2D eigenvalue weighted by Gasteiger charge is -2.44. The number of nitrogens with zero attached hydrogens (tertiary/aromatic N) is 7. The lowest BCUT2D eigenvalue weighted by atomic mass is 10.1. The zero-order valence-corrected chi connectivity index (χ0v) is 14.5. The van der Waals surface area contributed by atoms with E-state index >= 15 is 0 Å². The molecule has 0 spiro atoms. The summed E-state index contributed by atoms with van der Waals surface area (Å²) in [5.41, 5.74) is 1.76. The lowest BCUT2D eigenvalue weighted by Crippen LogP contribution is -2.58. The number of aromatic nitrogens is 5. The van der Waals surface area contributed by atoms with Gasteiger partial charge in [0.1, 0.15) is 5.82 Å². The minimum absolute atomic E-state index is 0.492. The first-order valence-corrected chi connectivity index (χ1v) is 8.77. The van der Waals surface area contributed by atoms with E-state index in [4.69, 9.17) is 9.62 Å². The van der Waals surface area contributed by atoms with Crippen LogP contribution in [-0.2, 0) is 6.54 Å². The Hall–Kier alpha value is -2.48. The molecule has 0 aromatic carbocycles. The van der Waals surface area contributed by atoms with Crippen molar-refractivity contribution in [2.75, 3.05) is 25.0 Å². The van der Waals surface area contributed by atoms with Crippen LogP contribution in [0.2, 0.25) is 0 Å². The molecule has 0 atom stereocenters. The van der Waals surface area contributed by atoms with Crippen LogP contribution in [0.3, 0.4) is 0 Å². The van der Waals surface area contributed by atoms with Gasteiger partial charge in [-0.1, -0.05) is 5.16 Å². The average molecular weight is 339 g/mol. The summed E-state index contributed by atoms with van der Waals surface area (Å²) in [5.74, 6) is 3.45. The van der Waals surface area contributed by atoms with E-state index in [1.165, 1.54) is 12.8 Å². The Kier molecular flexibility index (Phi) is 3.27. The highest BCUT2D eigenvalue weighted by Crippen LogP contribution is 2.38. The molecular formula is C17H21N7O. The summed E-state index contributed by atoms with van der Waals surface area (Å²) in [6.07, 6.45) is 2.40. The molecule has 3 aromatic heterocycles. The lowest BCUT2D eigenvalue weighted by molar-refractivity contribution is 0.177. The fourth-order valence-corrected chi connectivity index (χ4v) is 3.35. The standard InChI is InChI=1S/C17H21N7O/c1-11-7-14(25-21-11)10-22(2)13-8-23(9-13)16-6-5-15-18-19-17(12-3-4-12)24(15)20-16/h5-7,12-13H,3-4,8-10H2,1-2H3. The van der Waals surface area contributed by atoms with Crippen molar-refractivity contribution >= 4 is 11.5 Å². The molecule has 8 nitrogen and oxygen atoms in total. The predicted octanol–water partition coefficient (Wildman–Crippen LogP) is 1.62. The van der Waals surface area contributed by atoms with E-state index in [1.807, 2.05) is 29.6 Å². The maximum atomic E-state index is 5.31. The van der Waals surface area contributed by atoms with Gasteiger partial charge in [-0.2, -0.15) is 4.52 Å². The molecule has 1 aliphatic carbocycles. The predicted molar refractivity (Wildman–Crippen MR) is 91.5 cm³/mol. The third kappa shape index (κ3) is 2.66. The Labute approximate surface area is 145 Å². The van der Waals surface area contributed by atoms with Crippen LogP contribution in [0, 0.1) is 6.92 Å². The molecule has 0 N–H and O–H groups in total. The molecule has 1 saturated heterocycles. The van der Waals surface area contributed by atoms with Gasteiger partial charge in [-0.25, -0.2) is 0 Å². The van der Waals surface area contributed by atoms with E-state index < -0.39 is 0 Å². The van der Waals surface area contributed by atoms with Crippen LogP contribution < -0.4 is 4.90 Å². The Bertz CT molecular complexity index is 907. The summed E-state index contributed by atoms with van der Waals surface area (Å²) in [7, 11) is 2.13. The van der Waals surface area contributed by atoms with E-state index in [0.29, 0.717) is 12.0 Å². The van der Waals surface area contributed by atoms with Crippen molar-refractivity contribution in [3.8, 4) is 0 Å². The smallest absolute Gasteiger partial charge is 0.178 e. The summed E-state index contributed by atoms with van der Waals surface area (Å²) in [6, 6.07) is 6.53. The van der Waals surface area contributed by atoms with Crippen LogP contribution in [0.1, 0.15) is 36.0 Å². The van der Waals surface area contributed by atoms with Gasteiger partial charge in [-0.05, 0) is 38.9 Å². The zero-order chi connectivity index (χ0) is 17.0. The van der Waals surface area contributed by atoms with E-state index in [1.54, 1.807) is 0 Å². The number of rotatable bonds is 5. The molecule has 2 fully saturated rings. The molecule has 0 unspecified atom stereocenters. The van der Waals surface area contributed by atoms with Crippen molar-refractivity contribution in [1.29, 1.82) is 0 Å². The molecule has 130 valence electrons. The van der Waals surface area contributed by atoms with Gasteiger partial charge in [-0.3, -0.25) is 4.90 Å². The van der Waals surface area contributed by atoms with Crippen molar-refractivity contribution in [3.63, 3.8) is 0 Å². The number of aryl methyl sites for hydroxylation is 1. The third-order valence-corrected chi connectivity index (χ3v) is 5.11. The van der Waals surface area contributed by atoms with Crippen molar-refractivity contribution in [1.82, 2.24) is 29.9 Å². The quantitative estimate of drug-likeness (QED) is 0.699. The molecule has 5 rings (SSSR count). The largest absolute Gasteiger partial charge is 0.360 e. The number of anilines is 1. The molecule has 8 heteroatoms. The molecule has 4 heterocycles. The summed E-state index contributed by atoms with van der Waals surface area (Å²) in [6.45, 7) is 4.65. The number of hydrogen-bond acceptors (Lipinski definition) is 7. The minimum atomic E-state index is 0.492. The molecule has 1 aliphatic heterocycles. The van der Waals surface area contributed by atoms with Crippen molar-refractivity contribution in [3.05, 3.63) is 35.5 Å². The summed E-state index contributed by atoms with van der Waals surface area (Å²) in [5, 5.41) is 17.2. The summed E-state index contributed by atoms with van der Waals surface area (Å²) in [4.78, 5) is 4.60. The third-order valence-electron chi connectivity index (χ3n) is 5.11. The number of likely N-dealkylation sites (N-methyl/N-ethyl adjacent to an activating group) is 1. The molecule has 2 aliphatic rings. The van der Waals surface area contributed by atoms with E-state index in [2.05, 4.69) is 32.2 Å². The average Bonchev–Trinajstić information content (AvgIpc) is 3.18. The topological polar surface area (TPSA) is 75.6 Å². The highest BCUT2D eigenvalue weighted by atomic mass is 16.5. The fourth-order valence-electron chi connectivity index (χ4n) is 3.35. The van der Waals surface area contributed by atoms with E-state index in [0.717, 1.165) is 48.4 Å². The Balaban J connectivity index is 1.26. The SMILES string of the molecule is Cc1cc(CN(C)C2CN(c3ccc4nnc(C5CC5)n4n3)C2)on1. The second-order valence-electron chi connectivity index (χ2n) is 7.20. The van der Waals surface area contributed by atoms with E-state index in [9.17, 15) is 0 Å².